The van der Waals surface area contributed by atoms with Gasteiger partial charge in [-0.15, -0.1) is 21.8 Å². The first-order valence-electron chi connectivity index (χ1n) is 5.05. The average molecular weight is 336 g/mol. The first-order chi connectivity index (χ1) is 8.22. The molecule has 0 aliphatic heterocycles. The molecule has 1 heterocycles. The van der Waals surface area contributed by atoms with Gasteiger partial charge in [-0.1, -0.05) is 17.4 Å². The molecular weight excluding hydrogens is 327 g/mol. The van der Waals surface area contributed by atoms with E-state index in [-0.39, 0.29) is 5.82 Å². The van der Waals surface area contributed by atoms with Crippen LogP contribution in [0.15, 0.2) is 22.7 Å². The SMILES string of the molecule is Fc1cccc(Br)c1-c1nnc(CCCCl)s1. The molecule has 0 bridgehead atoms. The van der Waals surface area contributed by atoms with E-state index in [2.05, 4.69) is 26.1 Å². The Labute approximate surface area is 116 Å². The zero-order valence-electron chi connectivity index (χ0n) is 8.79. The molecule has 0 unspecified atom stereocenters. The van der Waals surface area contributed by atoms with Crippen molar-refractivity contribution in [2.24, 2.45) is 0 Å². The van der Waals surface area contributed by atoms with E-state index < -0.39 is 0 Å². The van der Waals surface area contributed by atoms with Gasteiger partial charge in [0.1, 0.15) is 10.8 Å². The highest BCUT2D eigenvalue weighted by Gasteiger charge is 2.14. The second kappa shape index (κ2) is 5.89. The Morgan fingerprint density at radius 3 is 2.88 bits per heavy atom. The Bertz CT molecular complexity index is 498. The summed E-state index contributed by atoms with van der Waals surface area (Å²) in [5.41, 5.74) is 0.474. The smallest absolute Gasteiger partial charge is 0.151 e. The van der Waals surface area contributed by atoms with Crippen molar-refractivity contribution in [1.29, 1.82) is 0 Å². The minimum atomic E-state index is -0.292. The van der Waals surface area contributed by atoms with E-state index in [1.54, 1.807) is 12.1 Å². The maximum absolute atomic E-state index is 13.7. The molecule has 0 spiro atoms. The fourth-order valence-corrected chi connectivity index (χ4v) is 3.11. The molecule has 17 heavy (non-hydrogen) atoms. The molecule has 0 aliphatic carbocycles. The van der Waals surface area contributed by atoms with Crippen LogP contribution >= 0.6 is 38.9 Å². The maximum atomic E-state index is 13.7. The molecule has 1 aromatic carbocycles. The van der Waals surface area contributed by atoms with Crippen LogP contribution in [-0.4, -0.2) is 16.1 Å². The minimum Gasteiger partial charge on any atom is -0.206 e. The molecule has 0 saturated heterocycles. The normalized spacial score (nSPS) is 10.8. The fourth-order valence-electron chi connectivity index (χ4n) is 1.38. The first kappa shape index (κ1) is 12.9. The van der Waals surface area contributed by atoms with E-state index in [1.807, 2.05) is 0 Å². The highest BCUT2D eigenvalue weighted by atomic mass is 79.9. The van der Waals surface area contributed by atoms with Gasteiger partial charge in [0.25, 0.3) is 0 Å². The van der Waals surface area contributed by atoms with Crippen molar-refractivity contribution in [2.45, 2.75) is 12.8 Å². The van der Waals surface area contributed by atoms with Gasteiger partial charge in [0, 0.05) is 16.8 Å². The Morgan fingerprint density at radius 2 is 2.18 bits per heavy atom. The summed E-state index contributed by atoms with van der Waals surface area (Å²) in [5.74, 6) is 0.303. The van der Waals surface area contributed by atoms with Crippen molar-refractivity contribution < 1.29 is 4.39 Å². The first-order valence-corrected chi connectivity index (χ1v) is 7.19. The number of aryl methyl sites for hydroxylation is 1. The molecule has 0 amide bonds. The fraction of sp³-hybridized carbons (Fsp3) is 0.273. The van der Waals surface area contributed by atoms with Gasteiger partial charge in [0.05, 0.1) is 5.56 Å². The molecule has 0 saturated carbocycles. The lowest BCUT2D eigenvalue weighted by Gasteiger charge is -2.00. The molecule has 90 valence electrons. The Morgan fingerprint density at radius 1 is 1.35 bits per heavy atom. The molecule has 0 radical (unpaired) electrons. The van der Waals surface area contributed by atoms with E-state index in [4.69, 9.17) is 11.6 Å². The topological polar surface area (TPSA) is 25.8 Å². The van der Waals surface area contributed by atoms with Gasteiger partial charge in [0.2, 0.25) is 0 Å². The van der Waals surface area contributed by atoms with Gasteiger partial charge < -0.3 is 0 Å². The summed E-state index contributed by atoms with van der Waals surface area (Å²) in [7, 11) is 0. The molecule has 0 N–H and O–H groups in total. The molecule has 0 atom stereocenters. The molecule has 6 heteroatoms. The van der Waals surface area contributed by atoms with Crippen LogP contribution in [0.3, 0.4) is 0 Å². The number of hydrogen-bond acceptors (Lipinski definition) is 3. The van der Waals surface area contributed by atoms with Crippen molar-refractivity contribution in [2.75, 3.05) is 5.88 Å². The Balaban J connectivity index is 2.30. The van der Waals surface area contributed by atoms with E-state index in [0.29, 0.717) is 20.9 Å². The Kier molecular flexibility index (Phi) is 4.48. The van der Waals surface area contributed by atoms with Crippen molar-refractivity contribution >= 4 is 38.9 Å². The standard InChI is InChI=1S/C11H9BrClFN2S/c12-7-3-1-4-8(14)10(7)11-16-15-9(17-11)5-2-6-13/h1,3-4H,2,5-6H2. The van der Waals surface area contributed by atoms with Crippen molar-refractivity contribution in [3.63, 3.8) is 0 Å². The molecule has 1 aromatic heterocycles. The number of aromatic nitrogens is 2. The van der Waals surface area contributed by atoms with Crippen LogP contribution < -0.4 is 0 Å². The molecule has 0 fully saturated rings. The van der Waals surface area contributed by atoms with Crippen molar-refractivity contribution in [1.82, 2.24) is 10.2 Å². The van der Waals surface area contributed by atoms with Crippen LogP contribution in [0.1, 0.15) is 11.4 Å². The number of halogens is 3. The zero-order valence-corrected chi connectivity index (χ0v) is 11.9. The lowest BCUT2D eigenvalue weighted by molar-refractivity contribution is 0.630. The zero-order chi connectivity index (χ0) is 12.3. The third-order valence-corrected chi connectivity index (χ3v) is 4.10. The van der Waals surface area contributed by atoms with Crippen LogP contribution in [0.25, 0.3) is 10.6 Å². The summed E-state index contributed by atoms with van der Waals surface area (Å²) in [6.45, 7) is 0. The van der Waals surface area contributed by atoms with Gasteiger partial charge in [-0.05, 0) is 34.5 Å². The number of nitrogens with zero attached hydrogens (tertiary/aromatic N) is 2. The van der Waals surface area contributed by atoms with Crippen LogP contribution in [-0.2, 0) is 6.42 Å². The largest absolute Gasteiger partial charge is 0.206 e. The predicted molar refractivity (Wildman–Crippen MR) is 72.0 cm³/mol. The summed E-state index contributed by atoms with van der Waals surface area (Å²) in [5, 5.41) is 9.53. The van der Waals surface area contributed by atoms with Crippen LogP contribution in [0.2, 0.25) is 0 Å². The van der Waals surface area contributed by atoms with E-state index in [0.717, 1.165) is 17.8 Å². The highest BCUT2D eigenvalue weighted by molar-refractivity contribution is 9.10. The monoisotopic (exact) mass is 334 g/mol. The number of rotatable bonds is 4. The van der Waals surface area contributed by atoms with E-state index in [9.17, 15) is 4.39 Å². The average Bonchev–Trinajstić information content (AvgIpc) is 2.75. The van der Waals surface area contributed by atoms with Gasteiger partial charge in [-0.25, -0.2) is 4.39 Å². The molecular formula is C11H9BrClFN2S. The molecule has 2 aromatic rings. The summed E-state index contributed by atoms with van der Waals surface area (Å²) < 4.78 is 14.4. The molecule has 0 aliphatic rings. The highest BCUT2D eigenvalue weighted by Crippen LogP contribution is 2.32. The lowest BCUT2D eigenvalue weighted by Crippen LogP contribution is -1.85. The van der Waals surface area contributed by atoms with Crippen LogP contribution in [0, 0.1) is 5.82 Å². The molecule has 2 rings (SSSR count). The van der Waals surface area contributed by atoms with Crippen molar-refractivity contribution in [3.05, 3.63) is 33.5 Å². The minimum absolute atomic E-state index is 0.292. The van der Waals surface area contributed by atoms with Gasteiger partial charge in [-0.2, -0.15) is 0 Å². The van der Waals surface area contributed by atoms with E-state index in [1.165, 1.54) is 17.4 Å². The second-order valence-electron chi connectivity index (χ2n) is 3.39. The quantitative estimate of drug-likeness (QED) is 0.779. The van der Waals surface area contributed by atoms with E-state index >= 15 is 0 Å². The van der Waals surface area contributed by atoms with Crippen LogP contribution in [0.5, 0.6) is 0 Å². The van der Waals surface area contributed by atoms with Gasteiger partial charge >= 0.3 is 0 Å². The number of benzene rings is 1. The maximum Gasteiger partial charge on any atom is 0.151 e. The third-order valence-electron chi connectivity index (χ3n) is 2.17. The lowest BCUT2D eigenvalue weighted by atomic mass is 10.2. The summed E-state index contributed by atoms with van der Waals surface area (Å²) in [6, 6.07) is 4.86. The molecule has 2 nitrogen and oxygen atoms in total. The summed E-state index contributed by atoms with van der Waals surface area (Å²) in [6.07, 6.45) is 1.64. The summed E-state index contributed by atoms with van der Waals surface area (Å²) in [4.78, 5) is 0. The van der Waals surface area contributed by atoms with Crippen LogP contribution in [0.4, 0.5) is 4.39 Å². The Hall–Kier alpha value is -0.520. The second-order valence-corrected chi connectivity index (χ2v) is 5.68. The van der Waals surface area contributed by atoms with Gasteiger partial charge in [0.15, 0.2) is 5.01 Å². The summed E-state index contributed by atoms with van der Waals surface area (Å²) >= 11 is 10.3. The third kappa shape index (κ3) is 3.03. The van der Waals surface area contributed by atoms with Gasteiger partial charge in [-0.3, -0.25) is 0 Å². The number of alkyl halides is 1. The number of hydrogen-bond donors (Lipinski definition) is 0. The van der Waals surface area contributed by atoms with Crippen molar-refractivity contribution in [3.8, 4) is 10.6 Å². The predicted octanol–water partition coefficient (Wildman–Crippen LogP) is 4.28.